The normalized spacial score (nSPS) is 12.7. The lowest BCUT2D eigenvalue weighted by Gasteiger charge is -2.19. The average molecular weight is 386 g/mol. The zero-order valence-electron chi connectivity index (χ0n) is 13.9. The van der Waals surface area contributed by atoms with Crippen molar-refractivity contribution in [1.29, 1.82) is 0 Å². The summed E-state index contributed by atoms with van der Waals surface area (Å²) in [6, 6.07) is 11.6. The summed E-state index contributed by atoms with van der Waals surface area (Å²) < 4.78 is 13.4. The molecule has 0 spiro atoms. The number of hydrogen-bond acceptors (Lipinski definition) is 6. The second kappa shape index (κ2) is 6.81. The van der Waals surface area contributed by atoms with Gasteiger partial charge in [-0.15, -0.1) is 0 Å². The minimum atomic E-state index is -0.575. The molecule has 0 saturated heterocycles. The molecule has 0 bridgehead atoms. The summed E-state index contributed by atoms with van der Waals surface area (Å²) in [5.41, 5.74) is 2.12. The van der Waals surface area contributed by atoms with Crippen LogP contribution >= 0.6 is 11.6 Å². The van der Waals surface area contributed by atoms with Crippen LogP contribution < -0.4 is 10.2 Å². The zero-order valence-corrected chi connectivity index (χ0v) is 14.7. The number of nitrogens with zero attached hydrogens (tertiary/aromatic N) is 4. The minimum Gasteiger partial charge on any atom is -0.334 e. The summed E-state index contributed by atoms with van der Waals surface area (Å²) in [6.45, 7) is 0.582. The second-order valence-electron chi connectivity index (χ2n) is 5.94. The third kappa shape index (κ3) is 3.15. The number of nitrogens with one attached hydrogen (secondary N) is 1. The van der Waals surface area contributed by atoms with Crippen LogP contribution in [0.1, 0.15) is 5.56 Å². The SMILES string of the molecule is O=[N+]([O-])c1c(Nc2ccc(F)c(Cl)c2)ncnc1N1CCc2ccccc21. The fourth-order valence-corrected chi connectivity index (χ4v) is 3.28. The molecule has 0 fully saturated rings. The summed E-state index contributed by atoms with van der Waals surface area (Å²) in [6.07, 6.45) is 2.03. The van der Waals surface area contributed by atoms with Crippen molar-refractivity contribution in [3.8, 4) is 0 Å². The van der Waals surface area contributed by atoms with E-state index < -0.39 is 10.7 Å². The topological polar surface area (TPSA) is 84.2 Å². The van der Waals surface area contributed by atoms with Crippen LogP contribution in [0.5, 0.6) is 0 Å². The Balaban J connectivity index is 1.77. The molecular formula is C18H13ClFN5O2. The molecule has 0 aliphatic carbocycles. The summed E-state index contributed by atoms with van der Waals surface area (Å²) >= 11 is 5.78. The van der Waals surface area contributed by atoms with E-state index in [0.717, 1.165) is 17.7 Å². The van der Waals surface area contributed by atoms with Crippen LogP contribution in [0.4, 0.5) is 33.1 Å². The van der Waals surface area contributed by atoms with Crippen LogP contribution in [0, 0.1) is 15.9 Å². The number of fused-ring (bicyclic) bond motifs is 1. The highest BCUT2D eigenvalue weighted by molar-refractivity contribution is 6.31. The van der Waals surface area contributed by atoms with Crippen molar-refractivity contribution in [3.05, 3.63) is 75.3 Å². The fraction of sp³-hybridized carbons (Fsp3) is 0.111. The van der Waals surface area contributed by atoms with Crippen molar-refractivity contribution in [2.45, 2.75) is 6.42 Å². The van der Waals surface area contributed by atoms with Crippen LogP contribution in [-0.4, -0.2) is 21.4 Å². The zero-order chi connectivity index (χ0) is 19.0. The Morgan fingerprint density at radius 3 is 2.81 bits per heavy atom. The Kier molecular flexibility index (Phi) is 4.33. The van der Waals surface area contributed by atoms with Gasteiger partial charge in [0, 0.05) is 17.9 Å². The van der Waals surface area contributed by atoms with Crippen molar-refractivity contribution in [2.75, 3.05) is 16.8 Å². The van der Waals surface area contributed by atoms with Crippen molar-refractivity contribution in [3.63, 3.8) is 0 Å². The number of benzene rings is 2. The summed E-state index contributed by atoms with van der Waals surface area (Å²) in [4.78, 5) is 21.2. The number of rotatable bonds is 4. The van der Waals surface area contributed by atoms with Gasteiger partial charge in [0.05, 0.1) is 9.95 Å². The maximum atomic E-state index is 13.4. The van der Waals surface area contributed by atoms with E-state index >= 15 is 0 Å². The lowest BCUT2D eigenvalue weighted by molar-refractivity contribution is -0.383. The predicted octanol–water partition coefficient (Wildman–Crippen LogP) is 4.62. The Labute approximate surface area is 158 Å². The molecule has 3 aromatic rings. The van der Waals surface area contributed by atoms with E-state index in [1.54, 1.807) is 4.90 Å². The molecule has 4 rings (SSSR count). The smallest absolute Gasteiger partial charge is 0.334 e. The standard InChI is InChI=1S/C18H13ClFN5O2/c19-13-9-12(5-6-14(13)20)23-17-16(25(26)27)18(22-10-21-17)24-8-7-11-3-1-2-4-15(11)24/h1-6,9-10H,7-8H2,(H,21,22,23). The molecular weight excluding hydrogens is 373 g/mol. The molecule has 1 aromatic heterocycles. The lowest BCUT2D eigenvalue weighted by Crippen LogP contribution is -2.17. The van der Waals surface area contributed by atoms with Gasteiger partial charge in [-0.05, 0) is 36.2 Å². The van der Waals surface area contributed by atoms with E-state index in [-0.39, 0.29) is 22.3 Å². The van der Waals surface area contributed by atoms with Gasteiger partial charge in [0.25, 0.3) is 0 Å². The maximum absolute atomic E-state index is 13.4. The summed E-state index contributed by atoms with van der Waals surface area (Å²) in [5.74, 6) is -0.360. The van der Waals surface area contributed by atoms with Crippen LogP contribution in [-0.2, 0) is 6.42 Å². The summed E-state index contributed by atoms with van der Waals surface area (Å²) in [5, 5.41) is 14.5. The molecule has 7 nitrogen and oxygen atoms in total. The van der Waals surface area contributed by atoms with E-state index in [0.29, 0.717) is 12.2 Å². The molecule has 0 atom stereocenters. The van der Waals surface area contributed by atoms with Crippen LogP contribution in [0.25, 0.3) is 0 Å². The van der Waals surface area contributed by atoms with Crippen LogP contribution in [0.3, 0.4) is 0 Å². The first-order valence-corrected chi connectivity index (χ1v) is 8.49. The fourth-order valence-electron chi connectivity index (χ4n) is 3.10. The number of para-hydroxylation sites is 1. The van der Waals surface area contributed by atoms with Crippen molar-refractivity contribution in [2.24, 2.45) is 0 Å². The van der Waals surface area contributed by atoms with Gasteiger partial charge in [0.1, 0.15) is 12.1 Å². The molecule has 1 aliphatic rings. The Hall–Kier alpha value is -3.26. The monoisotopic (exact) mass is 385 g/mol. The van der Waals surface area contributed by atoms with Gasteiger partial charge >= 0.3 is 5.69 Å². The van der Waals surface area contributed by atoms with Gasteiger partial charge in [-0.1, -0.05) is 29.8 Å². The van der Waals surface area contributed by atoms with Gasteiger partial charge in [0.15, 0.2) is 0 Å². The number of hydrogen-bond donors (Lipinski definition) is 1. The molecule has 0 amide bonds. The van der Waals surface area contributed by atoms with Crippen molar-refractivity contribution >= 4 is 40.3 Å². The third-order valence-corrected chi connectivity index (χ3v) is 4.60. The number of nitro groups is 1. The molecule has 0 unspecified atom stereocenters. The minimum absolute atomic E-state index is 0.0112. The average Bonchev–Trinajstić information content (AvgIpc) is 3.08. The van der Waals surface area contributed by atoms with E-state index in [9.17, 15) is 14.5 Å². The summed E-state index contributed by atoms with van der Waals surface area (Å²) in [7, 11) is 0. The predicted molar refractivity (Wildman–Crippen MR) is 101 cm³/mol. The number of aromatic nitrogens is 2. The van der Waals surface area contributed by atoms with Crippen molar-refractivity contribution in [1.82, 2.24) is 9.97 Å². The van der Waals surface area contributed by atoms with Gasteiger partial charge < -0.3 is 10.2 Å². The number of halogens is 2. The quantitative estimate of drug-likeness (QED) is 0.521. The van der Waals surface area contributed by atoms with Crippen LogP contribution in [0.15, 0.2) is 48.8 Å². The second-order valence-corrected chi connectivity index (χ2v) is 6.34. The Bertz CT molecular complexity index is 1050. The third-order valence-electron chi connectivity index (χ3n) is 4.31. The molecule has 0 radical (unpaired) electrons. The molecule has 2 aromatic carbocycles. The van der Waals surface area contributed by atoms with E-state index in [2.05, 4.69) is 15.3 Å². The number of anilines is 4. The highest BCUT2D eigenvalue weighted by Gasteiger charge is 2.31. The van der Waals surface area contributed by atoms with Gasteiger partial charge in [-0.3, -0.25) is 10.1 Å². The largest absolute Gasteiger partial charge is 0.354 e. The highest BCUT2D eigenvalue weighted by Crippen LogP contribution is 2.40. The first-order valence-electron chi connectivity index (χ1n) is 8.11. The van der Waals surface area contributed by atoms with Crippen molar-refractivity contribution < 1.29 is 9.31 Å². The first kappa shape index (κ1) is 17.2. The van der Waals surface area contributed by atoms with E-state index in [4.69, 9.17) is 11.6 Å². The van der Waals surface area contributed by atoms with Gasteiger partial charge in [0.2, 0.25) is 11.6 Å². The molecule has 2 heterocycles. The van der Waals surface area contributed by atoms with E-state index in [1.165, 1.54) is 24.5 Å². The van der Waals surface area contributed by atoms with E-state index in [1.807, 2.05) is 24.3 Å². The Morgan fingerprint density at radius 2 is 2.04 bits per heavy atom. The molecule has 0 saturated carbocycles. The highest BCUT2D eigenvalue weighted by atomic mass is 35.5. The lowest BCUT2D eigenvalue weighted by atomic mass is 10.2. The van der Waals surface area contributed by atoms with Crippen LogP contribution in [0.2, 0.25) is 5.02 Å². The maximum Gasteiger partial charge on any atom is 0.354 e. The Morgan fingerprint density at radius 1 is 1.22 bits per heavy atom. The molecule has 136 valence electrons. The first-order chi connectivity index (χ1) is 13.0. The van der Waals surface area contributed by atoms with Gasteiger partial charge in [-0.2, -0.15) is 0 Å². The molecule has 27 heavy (non-hydrogen) atoms. The molecule has 1 aliphatic heterocycles. The van der Waals surface area contributed by atoms with Gasteiger partial charge in [-0.25, -0.2) is 14.4 Å². The molecule has 1 N–H and O–H groups in total. The molecule has 9 heteroatoms.